The summed E-state index contributed by atoms with van der Waals surface area (Å²) in [5.41, 5.74) is 4.52. The smallest absolute Gasteiger partial charge is 0.00111 e. The van der Waals surface area contributed by atoms with Gasteiger partial charge in [-0.1, -0.05) is 34.9 Å². The Kier molecular flexibility index (Phi) is 4.19. The van der Waals surface area contributed by atoms with Crippen LogP contribution < -0.4 is 0 Å². The number of rotatable bonds is 4. The number of hydrogen-bond donors (Lipinski definition) is 0. The zero-order valence-corrected chi connectivity index (χ0v) is 9.93. The Hall–Kier alpha value is -0.780. The van der Waals surface area contributed by atoms with Gasteiger partial charge < -0.3 is 0 Å². The average Bonchev–Trinajstić information content (AvgIpc) is 2.11. The zero-order chi connectivity index (χ0) is 10.6. The van der Waals surface area contributed by atoms with E-state index >= 15 is 0 Å². The monoisotopic (exact) mass is 190 g/mol. The standard InChI is InChI=1S/C14H22/c1-11(2)6-5-7-12(3)10-14-9-8-13(14)4/h6,8,10,14H,5,7,9H2,1-4H3/t14-/m1/s1. The van der Waals surface area contributed by atoms with E-state index in [9.17, 15) is 0 Å². The van der Waals surface area contributed by atoms with Crippen molar-refractivity contribution in [3.8, 4) is 0 Å². The van der Waals surface area contributed by atoms with Crippen LogP contribution in [-0.4, -0.2) is 0 Å². The highest BCUT2D eigenvalue weighted by atomic mass is 14.2. The molecule has 0 unspecified atom stereocenters. The minimum Gasteiger partial charge on any atom is -0.0856 e. The lowest BCUT2D eigenvalue weighted by atomic mass is 9.84. The van der Waals surface area contributed by atoms with Crippen LogP contribution in [0.25, 0.3) is 0 Å². The van der Waals surface area contributed by atoms with Gasteiger partial charge >= 0.3 is 0 Å². The fraction of sp³-hybridized carbons (Fsp3) is 0.571. The molecule has 0 aromatic heterocycles. The molecule has 1 aliphatic rings. The highest BCUT2D eigenvalue weighted by molar-refractivity contribution is 5.23. The molecule has 14 heavy (non-hydrogen) atoms. The third kappa shape index (κ3) is 3.53. The molecule has 0 heteroatoms. The lowest BCUT2D eigenvalue weighted by molar-refractivity contribution is 0.684. The maximum atomic E-state index is 2.44. The predicted molar refractivity (Wildman–Crippen MR) is 64.3 cm³/mol. The van der Waals surface area contributed by atoms with Gasteiger partial charge in [0.25, 0.3) is 0 Å². The van der Waals surface area contributed by atoms with Gasteiger partial charge in [-0.25, -0.2) is 0 Å². The second kappa shape index (κ2) is 5.19. The summed E-state index contributed by atoms with van der Waals surface area (Å²) in [6.07, 6.45) is 10.8. The lowest BCUT2D eigenvalue weighted by Gasteiger charge is -2.21. The van der Waals surface area contributed by atoms with E-state index in [1.165, 1.54) is 24.8 Å². The minimum atomic E-state index is 0.752. The summed E-state index contributed by atoms with van der Waals surface area (Å²) < 4.78 is 0. The summed E-state index contributed by atoms with van der Waals surface area (Å²) in [5.74, 6) is 0.752. The summed E-state index contributed by atoms with van der Waals surface area (Å²) in [6.45, 7) is 8.81. The third-order valence-electron chi connectivity index (χ3n) is 2.86. The Bertz CT molecular complexity index is 272. The second-order valence-electron chi connectivity index (χ2n) is 4.62. The molecule has 0 heterocycles. The Labute approximate surface area is 88.4 Å². The van der Waals surface area contributed by atoms with Crippen LogP contribution in [-0.2, 0) is 0 Å². The van der Waals surface area contributed by atoms with Gasteiger partial charge in [0.1, 0.15) is 0 Å². The Morgan fingerprint density at radius 1 is 1.43 bits per heavy atom. The quantitative estimate of drug-likeness (QED) is 0.566. The molecule has 78 valence electrons. The molecule has 0 bridgehead atoms. The van der Waals surface area contributed by atoms with E-state index in [4.69, 9.17) is 0 Å². The highest BCUT2D eigenvalue weighted by Gasteiger charge is 2.13. The van der Waals surface area contributed by atoms with Gasteiger partial charge in [0, 0.05) is 5.92 Å². The summed E-state index contributed by atoms with van der Waals surface area (Å²) in [5, 5.41) is 0. The van der Waals surface area contributed by atoms with Gasteiger partial charge in [-0.05, 0) is 47.0 Å². The highest BCUT2D eigenvalue weighted by Crippen LogP contribution is 2.29. The van der Waals surface area contributed by atoms with Crippen molar-refractivity contribution in [3.05, 3.63) is 34.9 Å². The van der Waals surface area contributed by atoms with E-state index in [1.807, 2.05) is 0 Å². The normalized spacial score (nSPS) is 21.3. The zero-order valence-electron chi connectivity index (χ0n) is 9.93. The second-order valence-corrected chi connectivity index (χ2v) is 4.62. The Balaban J connectivity index is 2.31. The van der Waals surface area contributed by atoms with Crippen molar-refractivity contribution >= 4 is 0 Å². The molecule has 0 nitrogen and oxygen atoms in total. The van der Waals surface area contributed by atoms with Crippen molar-refractivity contribution in [2.45, 2.75) is 47.0 Å². The molecule has 0 spiro atoms. The Morgan fingerprint density at radius 3 is 2.57 bits per heavy atom. The first kappa shape index (κ1) is 11.3. The topological polar surface area (TPSA) is 0 Å². The molecular formula is C14H22. The lowest BCUT2D eigenvalue weighted by Crippen LogP contribution is -2.06. The van der Waals surface area contributed by atoms with E-state index in [1.54, 1.807) is 11.1 Å². The van der Waals surface area contributed by atoms with Crippen LogP contribution in [0.1, 0.15) is 47.0 Å². The van der Waals surface area contributed by atoms with Crippen molar-refractivity contribution in [1.29, 1.82) is 0 Å². The average molecular weight is 190 g/mol. The summed E-state index contributed by atoms with van der Waals surface area (Å²) >= 11 is 0. The van der Waals surface area contributed by atoms with Crippen molar-refractivity contribution < 1.29 is 0 Å². The fourth-order valence-electron chi connectivity index (χ4n) is 1.70. The number of hydrogen-bond acceptors (Lipinski definition) is 0. The van der Waals surface area contributed by atoms with Crippen LogP contribution in [0.15, 0.2) is 34.9 Å². The molecule has 0 aromatic carbocycles. The Morgan fingerprint density at radius 2 is 2.14 bits per heavy atom. The van der Waals surface area contributed by atoms with E-state index in [-0.39, 0.29) is 0 Å². The largest absolute Gasteiger partial charge is 0.0856 e. The minimum absolute atomic E-state index is 0.752. The number of allylic oxidation sites excluding steroid dienone is 6. The van der Waals surface area contributed by atoms with E-state index in [0.29, 0.717) is 0 Å². The van der Waals surface area contributed by atoms with Crippen LogP contribution in [0, 0.1) is 5.92 Å². The maximum Gasteiger partial charge on any atom is 0.00111 e. The first-order valence-electron chi connectivity index (χ1n) is 5.57. The van der Waals surface area contributed by atoms with Gasteiger partial charge in [-0.15, -0.1) is 0 Å². The molecule has 0 saturated carbocycles. The molecule has 1 atom stereocenters. The van der Waals surface area contributed by atoms with Gasteiger partial charge in [0.05, 0.1) is 0 Å². The molecule has 0 saturated heterocycles. The van der Waals surface area contributed by atoms with Crippen LogP contribution >= 0.6 is 0 Å². The molecule has 1 aliphatic carbocycles. The first-order chi connectivity index (χ1) is 6.59. The molecule has 0 aliphatic heterocycles. The van der Waals surface area contributed by atoms with Crippen molar-refractivity contribution in [3.63, 3.8) is 0 Å². The van der Waals surface area contributed by atoms with Gasteiger partial charge in [-0.2, -0.15) is 0 Å². The summed E-state index contributed by atoms with van der Waals surface area (Å²) in [6, 6.07) is 0. The molecule has 1 rings (SSSR count). The fourth-order valence-corrected chi connectivity index (χ4v) is 1.70. The molecule has 0 fully saturated rings. The third-order valence-corrected chi connectivity index (χ3v) is 2.86. The predicted octanol–water partition coefficient (Wildman–Crippen LogP) is 4.65. The molecule has 0 N–H and O–H groups in total. The van der Waals surface area contributed by atoms with Crippen molar-refractivity contribution in [1.82, 2.24) is 0 Å². The van der Waals surface area contributed by atoms with E-state index in [0.717, 1.165) is 5.92 Å². The molecule has 0 amide bonds. The summed E-state index contributed by atoms with van der Waals surface area (Å²) in [4.78, 5) is 0. The van der Waals surface area contributed by atoms with E-state index < -0.39 is 0 Å². The SMILES string of the molecule is CC(C)=CCCC(C)=C[C@H]1CC=C1C. The summed E-state index contributed by atoms with van der Waals surface area (Å²) in [7, 11) is 0. The van der Waals surface area contributed by atoms with E-state index in [2.05, 4.69) is 45.9 Å². The van der Waals surface area contributed by atoms with Gasteiger partial charge in [0.15, 0.2) is 0 Å². The van der Waals surface area contributed by atoms with Crippen LogP contribution in [0.2, 0.25) is 0 Å². The molecule has 0 aromatic rings. The van der Waals surface area contributed by atoms with Gasteiger partial charge in [-0.3, -0.25) is 0 Å². The van der Waals surface area contributed by atoms with Crippen LogP contribution in [0.3, 0.4) is 0 Å². The maximum absolute atomic E-state index is 2.44. The molecule has 0 radical (unpaired) electrons. The molecular weight excluding hydrogens is 168 g/mol. The van der Waals surface area contributed by atoms with Crippen LogP contribution in [0.5, 0.6) is 0 Å². The first-order valence-corrected chi connectivity index (χ1v) is 5.57. The van der Waals surface area contributed by atoms with Crippen molar-refractivity contribution in [2.24, 2.45) is 5.92 Å². The van der Waals surface area contributed by atoms with Crippen molar-refractivity contribution in [2.75, 3.05) is 0 Å². The van der Waals surface area contributed by atoms with Gasteiger partial charge in [0.2, 0.25) is 0 Å². The van der Waals surface area contributed by atoms with Crippen LogP contribution in [0.4, 0.5) is 0 Å².